The summed E-state index contributed by atoms with van der Waals surface area (Å²) < 4.78 is 5.27. The zero-order valence-corrected chi connectivity index (χ0v) is 13.2. The van der Waals surface area contributed by atoms with Gasteiger partial charge >= 0.3 is 0 Å². The molecule has 4 heteroatoms. The van der Waals surface area contributed by atoms with Gasteiger partial charge in [0, 0.05) is 44.1 Å². The summed E-state index contributed by atoms with van der Waals surface area (Å²) in [5, 5.41) is 4.22. The number of halogens is 1. The summed E-state index contributed by atoms with van der Waals surface area (Å²) >= 11 is 6.18. The molecule has 1 aliphatic rings. The first-order valence-electron chi connectivity index (χ1n) is 7.47. The second kappa shape index (κ2) is 7.87. The third-order valence-electron chi connectivity index (χ3n) is 3.97. The molecule has 1 saturated heterocycles. The number of hydrogen-bond acceptors (Lipinski definition) is 3. The average molecular weight is 297 g/mol. The summed E-state index contributed by atoms with van der Waals surface area (Å²) in [7, 11) is 1.79. The molecule has 1 heterocycles. The van der Waals surface area contributed by atoms with E-state index in [0.717, 1.165) is 37.8 Å². The van der Waals surface area contributed by atoms with Crippen molar-refractivity contribution in [1.29, 1.82) is 0 Å². The minimum Gasteiger partial charge on any atom is -0.384 e. The predicted octanol–water partition coefficient (Wildman–Crippen LogP) is 3.31. The van der Waals surface area contributed by atoms with Crippen LogP contribution in [0.3, 0.4) is 0 Å². The average Bonchev–Trinajstić information content (AvgIpc) is 2.47. The molecule has 1 aliphatic heterocycles. The number of rotatable bonds is 6. The van der Waals surface area contributed by atoms with Gasteiger partial charge in [-0.1, -0.05) is 24.6 Å². The van der Waals surface area contributed by atoms with Crippen LogP contribution in [0.15, 0.2) is 18.2 Å². The fraction of sp³-hybridized carbons (Fsp3) is 0.625. The summed E-state index contributed by atoms with van der Waals surface area (Å²) in [6.07, 6.45) is 2.39. The molecule has 0 radical (unpaired) electrons. The van der Waals surface area contributed by atoms with Crippen molar-refractivity contribution < 1.29 is 4.74 Å². The number of methoxy groups -OCH3 is 1. The summed E-state index contributed by atoms with van der Waals surface area (Å²) in [6, 6.07) is 6.22. The highest BCUT2D eigenvalue weighted by Gasteiger charge is 2.21. The highest BCUT2D eigenvalue weighted by molar-refractivity contribution is 6.30. The number of ether oxygens (including phenoxy) is 1. The van der Waals surface area contributed by atoms with E-state index in [4.69, 9.17) is 16.3 Å². The topological polar surface area (TPSA) is 24.5 Å². The van der Waals surface area contributed by atoms with Crippen LogP contribution in [0.5, 0.6) is 0 Å². The van der Waals surface area contributed by atoms with Gasteiger partial charge in [-0.2, -0.15) is 0 Å². The van der Waals surface area contributed by atoms with Crippen molar-refractivity contribution in [1.82, 2.24) is 5.32 Å². The Morgan fingerprint density at radius 3 is 2.75 bits per heavy atom. The molecule has 1 aromatic rings. The zero-order valence-electron chi connectivity index (χ0n) is 12.5. The Bertz CT molecular complexity index is 417. The molecule has 3 nitrogen and oxygen atoms in total. The Kier molecular flexibility index (Phi) is 6.14. The zero-order chi connectivity index (χ0) is 14.4. The molecule has 1 aromatic carbocycles. The molecule has 0 bridgehead atoms. The molecule has 0 saturated carbocycles. The fourth-order valence-electron chi connectivity index (χ4n) is 2.82. The van der Waals surface area contributed by atoms with E-state index in [-0.39, 0.29) is 0 Å². The van der Waals surface area contributed by atoms with Crippen molar-refractivity contribution in [3.8, 4) is 0 Å². The SMILES string of the molecule is CCNCc1ccc(Cl)cc1N1CCC(COC)CC1. The molecule has 0 unspecified atom stereocenters. The van der Waals surface area contributed by atoms with Crippen LogP contribution in [0.1, 0.15) is 25.3 Å². The number of anilines is 1. The van der Waals surface area contributed by atoms with E-state index in [2.05, 4.69) is 29.3 Å². The van der Waals surface area contributed by atoms with Crippen molar-refractivity contribution in [2.45, 2.75) is 26.3 Å². The maximum atomic E-state index is 6.18. The minimum atomic E-state index is 0.702. The number of benzene rings is 1. The Morgan fingerprint density at radius 2 is 2.10 bits per heavy atom. The number of nitrogens with one attached hydrogen (secondary N) is 1. The van der Waals surface area contributed by atoms with Gasteiger partial charge in [0.05, 0.1) is 0 Å². The maximum Gasteiger partial charge on any atom is 0.0491 e. The van der Waals surface area contributed by atoms with E-state index in [1.54, 1.807) is 7.11 Å². The minimum absolute atomic E-state index is 0.702. The van der Waals surface area contributed by atoms with Crippen LogP contribution in [0, 0.1) is 5.92 Å². The molecule has 0 aromatic heterocycles. The molecule has 0 amide bonds. The van der Waals surface area contributed by atoms with Crippen molar-refractivity contribution in [2.75, 3.05) is 38.3 Å². The third kappa shape index (κ3) is 4.11. The Labute approximate surface area is 127 Å². The van der Waals surface area contributed by atoms with Gasteiger partial charge in [-0.15, -0.1) is 0 Å². The van der Waals surface area contributed by atoms with Crippen LogP contribution < -0.4 is 10.2 Å². The number of piperidine rings is 1. The number of nitrogens with zero attached hydrogens (tertiary/aromatic N) is 1. The largest absolute Gasteiger partial charge is 0.384 e. The van der Waals surface area contributed by atoms with Crippen molar-refractivity contribution >= 4 is 17.3 Å². The first kappa shape index (κ1) is 15.6. The van der Waals surface area contributed by atoms with Crippen LogP contribution in [-0.4, -0.2) is 33.4 Å². The van der Waals surface area contributed by atoms with Gasteiger partial charge in [0.15, 0.2) is 0 Å². The smallest absolute Gasteiger partial charge is 0.0491 e. The normalized spacial score (nSPS) is 16.6. The lowest BCUT2D eigenvalue weighted by Gasteiger charge is -2.34. The van der Waals surface area contributed by atoms with Crippen molar-refractivity contribution in [3.63, 3.8) is 0 Å². The third-order valence-corrected chi connectivity index (χ3v) is 4.21. The van der Waals surface area contributed by atoms with E-state index >= 15 is 0 Å². The van der Waals surface area contributed by atoms with E-state index in [9.17, 15) is 0 Å². The van der Waals surface area contributed by atoms with Crippen molar-refractivity contribution in [3.05, 3.63) is 28.8 Å². The first-order valence-corrected chi connectivity index (χ1v) is 7.85. The van der Waals surface area contributed by atoms with Gasteiger partial charge in [-0.25, -0.2) is 0 Å². The highest BCUT2D eigenvalue weighted by Crippen LogP contribution is 2.29. The second-order valence-electron chi connectivity index (χ2n) is 5.44. The monoisotopic (exact) mass is 296 g/mol. The predicted molar refractivity (Wildman–Crippen MR) is 85.6 cm³/mol. The van der Waals surface area contributed by atoms with Gasteiger partial charge in [0.25, 0.3) is 0 Å². The summed E-state index contributed by atoms with van der Waals surface area (Å²) in [4.78, 5) is 2.46. The van der Waals surface area contributed by atoms with Crippen LogP contribution in [0.4, 0.5) is 5.69 Å². The first-order chi connectivity index (χ1) is 9.74. The maximum absolute atomic E-state index is 6.18. The van der Waals surface area contributed by atoms with E-state index in [1.807, 2.05) is 6.07 Å². The molecule has 0 atom stereocenters. The van der Waals surface area contributed by atoms with Gasteiger partial charge < -0.3 is 15.0 Å². The van der Waals surface area contributed by atoms with Gasteiger partial charge in [0.2, 0.25) is 0 Å². The van der Waals surface area contributed by atoms with Crippen molar-refractivity contribution in [2.24, 2.45) is 5.92 Å². The Balaban J connectivity index is 2.05. The molecule has 1 N–H and O–H groups in total. The molecule has 20 heavy (non-hydrogen) atoms. The Hall–Kier alpha value is -0.770. The quantitative estimate of drug-likeness (QED) is 0.871. The lowest BCUT2D eigenvalue weighted by molar-refractivity contribution is 0.139. The summed E-state index contributed by atoms with van der Waals surface area (Å²) in [5.74, 6) is 0.702. The summed E-state index contributed by atoms with van der Waals surface area (Å²) in [5.41, 5.74) is 2.62. The van der Waals surface area contributed by atoms with Gasteiger partial charge in [0.1, 0.15) is 0 Å². The molecule has 0 spiro atoms. The molecular weight excluding hydrogens is 272 g/mol. The number of hydrogen-bond donors (Lipinski definition) is 1. The lowest BCUT2D eigenvalue weighted by Crippen LogP contribution is -2.35. The summed E-state index contributed by atoms with van der Waals surface area (Å²) in [6.45, 7) is 7.08. The van der Waals surface area contributed by atoms with Crippen LogP contribution in [0.25, 0.3) is 0 Å². The molecule has 1 fully saturated rings. The van der Waals surface area contributed by atoms with Crippen LogP contribution in [0.2, 0.25) is 5.02 Å². The van der Waals surface area contributed by atoms with Crippen LogP contribution in [-0.2, 0) is 11.3 Å². The molecular formula is C16H25ClN2O. The van der Waals surface area contributed by atoms with E-state index < -0.39 is 0 Å². The highest BCUT2D eigenvalue weighted by atomic mass is 35.5. The molecule has 112 valence electrons. The fourth-order valence-corrected chi connectivity index (χ4v) is 2.98. The standard InChI is InChI=1S/C16H25ClN2O/c1-3-18-11-14-4-5-15(17)10-16(14)19-8-6-13(7-9-19)12-20-2/h4-5,10,13,18H,3,6-9,11-12H2,1-2H3. The molecule has 2 rings (SSSR count). The van der Waals surface area contributed by atoms with Gasteiger partial charge in [-0.05, 0) is 43.0 Å². The van der Waals surface area contributed by atoms with E-state index in [1.165, 1.54) is 24.1 Å². The Morgan fingerprint density at radius 1 is 1.35 bits per heavy atom. The van der Waals surface area contributed by atoms with E-state index in [0.29, 0.717) is 5.92 Å². The second-order valence-corrected chi connectivity index (χ2v) is 5.88. The van der Waals surface area contributed by atoms with Gasteiger partial charge in [-0.3, -0.25) is 0 Å². The van der Waals surface area contributed by atoms with Crippen LogP contribution >= 0.6 is 11.6 Å². The molecule has 0 aliphatic carbocycles. The lowest BCUT2D eigenvalue weighted by atomic mass is 9.96.